The van der Waals surface area contributed by atoms with Crippen molar-refractivity contribution >= 4 is 52.2 Å². The summed E-state index contributed by atoms with van der Waals surface area (Å²) >= 11 is 0. The zero-order valence-electron chi connectivity index (χ0n) is 39.9. The minimum absolute atomic E-state index is 0.0409. The van der Waals surface area contributed by atoms with Gasteiger partial charge in [0.05, 0.1) is 61.6 Å². The number of ether oxygens (including phenoxy) is 3. The molecule has 0 radical (unpaired) electrons. The first-order chi connectivity index (χ1) is 33.4. The van der Waals surface area contributed by atoms with E-state index in [0.29, 0.717) is 31.3 Å². The first-order valence-corrected chi connectivity index (χ1v) is 23.5. The lowest BCUT2D eigenvalue weighted by Crippen LogP contribution is -2.59. The third kappa shape index (κ3) is 15.2. The van der Waals surface area contributed by atoms with Crippen LogP contribution in [0.4, 0.5) is 19.0 Å². The minimum atomic E-state index is -4.56. The van der Waals surface area contributed by atoms with Gasteiger partial charge >= 0.3 is 6.18 Å². The molecule has 3 fully saturated rings. The molecule has 2 saturated heterocycles. The molecule has 2 aliphatic heterocycles. The number of alkyl halides is 3. The fourth-order valence-corrected chi connectivity index (χ4v) is 9.10. The first kappa shape index (κ1) is 53.3. The Morgan fingerprint density at radius 3 is 2.21 bits per heavy atom. The Bertz CT molecular complexity index is 2290. The van der Waals surface area contributed by atoms with E-state index >= 15 is 0 Å². The SMILES string of the molecule is CN1C(=O)C[C@H](C(=O)NCCOCC(=O)NCCOCC(=O)NCCOCCC(=O)N[C@@H]2C[C@H](NC(C)(C)C)CC[C@@H]2N2CC[C@H](Nc3ncnc4ccc(C(F)(F)F)cc34)C2=O)[C@H]1c1cccnc1. The van der Waals surface area contributed by atoms with E-state index < -0.39 is 41.6 Å². The molecule has 382 valence electrons. The molecule has 0 unspecified atom stereocenters. The van der Waals surface area contributed by atoms with Crippen molar-refractivity contribution in [1.82, 2.24) is 51.3 Å². The smallest absolute Gasteiger partial charge is 0.379 e. The average molecular weight is 984 g/mol. The van der Waals surface area contributed by atoms with Crippen LogP contribution in [0.15, 0.2) is 49.1 Å². The van der Waals surface area contributed by atoms with Gasteiger partial charge in [0.1, 0.15) is 31.4 Å². The van der Waals surface area contributed by atoms with Gasteiger partial charge in [0.2, 0.25) is 35.4 Å². The molecule has 3 aromatic rings. The summed E-state index contributed by atoms with van der Waals surface area (Å²) in [4.78, 5) is 92.5. The van der Waals surface area contributed by atoms with Crippen molar-refractivity contribution in [2.75, 3.05) is 78.2 Å². The lowest BCUT2D eigenvalue weighted by atomic mass is 9.84. The van der Waals surface area contributed by atoms with Crippen LogP contribution in [0.5, 0.6) is 0 Å². The monoisotopic (exact) mass is 983 g/mol. The van der Waals surface area contributed by atoms with Gasteiger partial charge in [-0.25, -0.2) is 9.97 Å². The number of pyridine rings is 1. The maximum atomic E-state index is 13.9. The van der Waals surface area contributed by atoms with Gasteiger partial charge in [0.15, 0.2) is 0 Å². The maximum absolute atomic E-state index is 13.9. The lowest BCUT2D eigenvalue weighted by Gasteiger charge is -2.43. The largest absolute Gasteiger partial charge is 0.416 e. The average Bonchev–Trinajstić information content (AvgIpc) is 3.82. The number of nitrogens with one attached hydrogen (secondary N) is 6. The number of benzene rings is 1. The summed E-state index contributed by atoms with van der Waals surface area (Å²) in [5, 5.41) is 18.0. The van der Waals surface area contributed by atoms with Crippen molar-refractivity contribution in [3.05, 3.63) is 60.2 Å². The fourth-order valence-electron chi connectivity index (χ4n) is 9.10. The molecule has 1 aliphatic carbocycles. The van der Waals surface area contributed by atoms with Crippen LogP contribution >= 0.6 is 0 Å². The highest BCUT2D eigenvalue weighted by atomic mass is 19.4. The van der Waals surface area contributed by atoms with Gasteiger partial charge in [0.25, 0.3) is 0 Å². The Balaban J connectivity index is 0.832. The highest BCUT2D eigenvalue weighted by molar-refractivity contribution is 5.93. The van der Waals surface area contributed by atoms with Gasteiger partial charge in [-0.3, -0.25) is 33.8 Å². The molecule has 3 aliphatic rings. The van der Waals surface area contributed by atoms with E-state index in [1.807, 2.05) is 6.07 Å². The number of nitrogens with zero attached hydrogens (tertiary/aromatic N) is 5. The zero-order chi connectivity index (χ0) is 50.4. The predicted octanol–water partition coefficient (Wildman–Crippen LogP) is 1.86. The standard InChI is InChI=1S/C47H64F3N11O9/c1-46(2,3)59-31-8-10-37(61-17-11-35(45(61)67)58-43-32-22-30(47(48,49)50)7-9-34(32)55-28-56-43)36(23-31)57-38(62)12-18-68-19-14-52-39(63)26-69-20-15-53-40(64)27-70-21-16-54-44(66)33-24-41(65)60(4)42(33)29-6-5-13-51-25-29/h5-7,9,13,22,25,28,31,33,35-37,42,59H,8,10-12,14-21,23-24,26-27H2,1-4H3,(H,52,63)(H,53,64)(H,54,66)(H,57,62)(H,55,56,58)/t31-,33+,35+,36-,37+,42-/m1/s1. The Hall–Kier alpha value is -6.04. The molecular weight excluding hydrogens is 920 g/mol. The van der Waals surface area contributed by atoms with E-state index in [0.717, 1.165) is 24.1 Å². The van der Waals surface area contributed by atoms with Crippen LogP contribution in [-0.4, -0.2) is 163 Å². The van der Waals surface area contributed by atoms with Crippen LogP contribution in [0.3, 0.4) is 0 Å². The molecule has 6 rings (SSSR count). The molecule has 70 heavy (non-hydrogen) atoms. The van der Waals surface area contributed by atoms with Crippen molar-refractivity contribution in [3.63, 3.8) is 0 Å². The first-order valence-electron chi connectivity index (χ1n) is 23.5. The molecule has 0 bridgehead atoms. The lowest BCUT2D eigenvalue weighted by molar-refractivity contribution is -0.137. The van der Waals surface area contributed by atoms with Gasteiger partial charge in [-0.2, -0.15) is 13.2 Å². The number of likely N-dealkylation sites (tertiary alicyclic amines) is 2. The summed E-state index contributed by atoms with van der Waals surface area (Å²) in [5.41, 5.74) is 0.0522. The Labute approximate surface area is 404 Å². The van der Waals surface area contributed by atoms with Crippen molar-refractivity contribution < 1.29 is 56.1 Å². The second-order valence-corrected chi connectivity index (χ2v) is 18.6. The van der Waals surface area contributed by atoms with Crippen LogP contribution in [0.25, 0.3) is 10.9 Å². The molecule has 6 amide bonds. The molecule has 23 heteroatoms. The number of rotatable bonds is 23. The third-order valence-electron chi connectivity index (χ3n) is 12.3. The number of hydrogen-bond donors (Lipinski definition) is 6. The number of halogens is 3. The van der Waals surface area contributed by atoms with E-state index in [-0.39, 0.29) is 131 Å². The van der Waals surface area contributed by atoms with Crippen molar-refractivity contribution in [2.45, 2.75) is 101 Å². The Morgan fingerprint density at radius 1 is 0.843 bits per heavy atom. The summed E-state index contributed by atoms with van der Waals surface area (Å²) in [6, 6.07) is 5.03. The highest BCUT2D eigenvalue weighted by Crippen LogP contribution is 2.37. The second kappa shape index (κ2) is 24.7. The summed E-state index contributed by atoms with van der Waals surface area (Å²) in [7, 11) is 1.66. The Kier molecular flexibility index (Phi) is 18.8. The van der Waals surface area contributed by atoms with E-state index in [2.05, 4.69) is 67.6 Å². The molecule has 0 spiro atoms. The molecule has 6 atom stereocenters. The van der Waals surface area contributed by atoms with Crippen LogP contribution < -0.4 is 31.9 Å². The third-order valence-corrected chi connectivity index (χ3v) is 12.3. The summed E-state index contributed by atoms with van der Waals surface area (Å²) in [6.45, 7) is 6.92. The van der Waals surface area contributed by atoms with E-state index in [4.69, 9.17) is 14.2 Å². The molecule has 1 saturated carbocycles. The number of amides is 6. The quantitative estimate of drug-likeness (QED) is 0.0744. The van der Waals surface area contributed by atoms with Crippen molar-refractivity contribution in [3.8, 4) is 0 Å². The summed E-state index contributed by atoms with van der Waals surface area (Å²) in [5.74, 6) is -2.14. The van der Waals surface area contributed by atoms with Crippen LogP contribution in [0.1, 0.15) is 76.5 Å². The summed E-state index contributed by atoms with van der Waals surface area (Å²) < 4.78 is 56.9. The zero-order valence-corrected chi connectivity index (χ0v) is 39.9. The maximum Gasteiger partial charge on any atom is 0.416 e. The molecule has 20 nitrogen and oxygen atoms in total. The number of carbonyl (C=O) groups is 6. The highest BCUT2D eigenvalue weighted by Gasteiger charge is 2.44. The van der Waals surface area contributed by atoms with Crippen LogP contribution in [0, 0.1) is 5.92 Å². The van der Waals surface area contributed by atoms with Crippen molar-refractivity contribution in [2.24, 2.45) is 5.92 Å². The van der Waals surface area contributed by atoms with Gasteiger partial charge in [0, 0.05) is 75.4 Å². The predicted molar refractivity (Wildman–Crippen MR) is 248 cm³/mol. The second-order valence-electron chi connectivity index (χ2n) is 18.6. The normalized spacial score (nSPS) is 21.8. The van der Waals surface area contributed by atoms with E-state index in [9.17, 15) is 41.9 Å². The van der Waals surface area contributed by atoms with Gasteiger partial charge < -0.3 is 55.9 Å². The van der Waals surface area contributed by atoms with Crippen LogP contribution in [-0.2, 0) is 49.2 Å². The van der Waals surface area contributed by atoms with E-state index in [1.54, 1.807) is 35.3 Å². The number of aromatic nitrogens is 3. The molecule has 1 aromatic carbocycles. The number of anilines is 1. The summed E-state index contributed by atoms with van der Waals surface area (Å²) in [6.07, 6.45) is 2.42. The molecule has 6 N–H and O–H groups in total. The topological polar surface area (TPSA) is 247 Å². The van der Waals surface area contributed by atoms with Crippen LogP contribution in [0.2, 0.25) is 0 Å². The number of hydrogen-bond acceptors (Lipinski definition) is 14. The number of carbonyl (C=O) groups excluding carboxylic acids is 6. The van der Waals surface area contributed by atoms with Gasteiger partial charge in [-0.1, -0.05) is 6.07 Å². The van der Waals surface area contributed by atoms with Crippen molar-refractivity contribution in [1.29, 1.82) is 0 Å². The molecular formula is C47H64F3N11O9. The van der Waals surface area contributed by atoms with Gasteiger partial charge in [-0.15, -0.1) is 0 Å². The molecule has 2 aromatic heterocycles. The Morgan fingerprint density at radius 2 is 1.54 bits per heavy atom. The fraction of sp³-hybridized carbons (Fsp3) is 0.596. The van der Waals surface area contributed by atoms with E-state index in [1.165, 1.54) is 12.4 Å². The molecule has 4 heterocycles. The number of fused-ring (bicyclic) bond motifs is 1. The minimum Gasteiger partial charge on any atom is -0.379 e. The van der Waals surface area contributed by atoms with Gasteiger partial charge in [-0.05, 0) is 76.3 Å².